The number of alkyl halides is 1. The van der Waals surface area contributed by atoms with Crippen LogP contribution in [0.3, 0.4) is 0 Å². The van der Waals surface area contributed by atoms with Gasteiger partial charge in [-0.2, -0.15) is 0 Å². The molecular weight excluding hydrogens is 395 g/mol. The van der Waals surface area contributed by atoms with Crippen LogP contribution in [0.25, 0.3) is 5.52 Å². The number of rotatable bonds is 4. The number of nitrogens with one attached hydrogen (secondary N) is 1. The molecule has 0 aromatic carbocycles. The summed E-state index contributed by atoms with van der Waals surface area (Å²) >= 11 is 6.45. The van der Waals surface area contributed by atoms with Crippen LogP contribution < -0.4 is 5.32 Å². The summed E-state index contributed by atoms with van der Waals surface area (Å²) in [7, 11) is 0. The van der Waals surface area contributed by atoms with Crippen molar-refractivity contribution in [2.75, 3.05) is 19.8 Å². The van der Waals surface area contributed by atoms with E-state index in [2.05, 4.69) is 5.32 Å². The van der Waals surface area contributed by atoms with E-state index >= 15 is 0 Å². The summed E-state index contributed by atoms with van der Waals surface area (Å²) in [4.78, 5) is 13.0. The van der Waals surface area contributed by atoms with Crippen molar-refractivity contribution >= 4 is 23.0 Å². The molecule has 2 aliphatic rings. The highest BCUT2D eigenvalue weighted by atomic mass is 35.5. The van der Waals surface area contributed by atoms with Gasteiger partial charge >= 0.3 is 0 Å². The maximum absolute atomic E-state index is 14.1. The number of carbonyl (C=O) groups is 1. The van der Waals surface area contributed by atoms with Crippen LogP contribution >= 0.6 is 11.6 Å². The molecule has 7 heteroatoms. The zero-order valence-electron chi connectivity index (χ0n) is 16.7. The molecular formula is C22H28ClFN2O3. The third-order valence-electron chi connectivity index (χ3n) is 6.46. The second kappa shape index (κ2) is 7.89. The number of carbonyl (C=O) groups excluding carboxylic acids is 1. The SMILES string of the molecule is CC1(F)CCC(O)(CNC(=O)c2cc(C3CCOCC3)n3cccc(Cl)c23)CC1. The monoisotopic (exact) mass is 422 g/mol. The fraction of sp³-hybridized carbons (Fsp3) is 0.591. The first-order valence-corrected chi connectivity index (χ1v) is 10.7. The van der Waals surface area contributed by atoms with Gasteiger partial charge in [0, 0.05) is 37.6 Å². The molecule has 1 saturated carbocycles. The smallest absolute Gasteiger partial charge is 0.253 e. The van der Waals surface area contributed by atoms with Gasteiger partial charge in [0.2, 0.25) is 0 Å². The Balaban J connectivity index is 1.56. The quantitative estimate of drug-likeness (QED) is 0.774. The first kappa shape index (κ1) is 20.6. The molecule has 0 bridgehead atoms. The summed E-state index contributed by atoms with van der Waals surface area (Å²) in [6.07, 6.45) is 5.01. The van der Waals surface area contributed by atoms with E-state index in [1.165, 1.54) is 0 Å². The molecule has 0 spiro atoms. The van der Waals surface area contributed by atoms with E-state index in [1.807, 2.05) is 22.7 Å². The molecule has 3 heterocycles. The molecule has 5 nitrogen and oxygen atoms in total. The van der Waals surface area contributed by atoms with E-state index in [0.29, 0.717) is 60.9 Å². The lowest BCUT2D eigenvalue weighted by Crippen LogP contribution is -2.47. The van der Waals surface area contributed by atoms with Crippen molar-refractivity contribution in [3.63, 3.8) is 0 Å². The van der Waals surface area contributed by atoms with E-state index in [0.717, 1.165) is 18.5 Å². The molecule has 1 aliphatic carbocycles. The van der Waals surface area contributed by atoms with Crippen LogP contribution in [0.5, 0.6) is 0 Å². The Morgan fingerprint density at radius 2 is 2.03 bits per heavy atom. The van der Waals surface area contributed by atoms with Crippen LogP contribution in [-0.4, -0.2) is 46.4 Å². The third-order valence-corrected chi connectivity index (χ3v) is 6.76. The fourth-order valence-electron chi connectivity index (χ4n) is 4.48. The number of nitrogens with zero attached hydrogens (tertiary/aromatic N) is 1. The van der Waals surface area contributed by atoms with Crippen LogP contribution in [0, 0.1) is 0 Å². The summed E-state index contributed by atoms with van der Waals surface area (Å²) in [5.41, 5.74) is -0.0575. The number of amides is 1. The summed E-state index contributed by atoms with van der Waals surface area (Å²) < 4.78 is 21.5. The van der Waals surface area contributed by atoms with Gasteiger partial charge in [-0.25, -0.2) is 4.39 Å². The van der Waals surface area contributed by atoms with Crippen molar-refractivity contribution in [3.05, 3.63) is 40.7 Å². The highest BCUT2D eigenvalue weighted by Gasteiger charge is 2.39. The number of aromatic nitrogens is 1. The molecule has 1 amide bonds. The molecule has 0 unspecified atom stereocenters. The topological polar surface area (TPSA) is 63.0 Å². The molecule has 2 aromatic heterocycles. The average Bonchev–Trinajstić information content (AvgIpc) is 3.11. The van der Waals surface area contributed by atoms with E-state index < -0.39 is 11.3 Å². The molecule has 4 rings (SSSR count). The Labute approximate surface area is 175 Å². The minimum atomic E-state index is -1.24. The summed E-state index contributed by atoms with van der Waals surface area (Å²) in [6, 6.07) is 5.56. The molecule has 29 heavy (non-hydrogen) atoms. The van der Waals surface area contributed by atoms with Gasteiger partial charge in [0.1, 0.15) is 5.67 Å². The van der Waals surface area contributed by atoms with Gasteiger partial charge in [-0.1, -0.05) is 11.6 Å². The van der Waals surface area contributed by atoms with Gasteiger partial charge in [0.15, 0.2) is 0 Å². The molecule has 2 N–H and O–H groups in total. The molecule has 1 saturated heterocycles. The van der Waals surface area contributed by atoms with Crippen molar-refractivity contribution in [1.82, 2.24) is 9.72 Å². The minimum absolute atomic E-state index is 0.107. The Bertz CT molecular complexity index is 895. The fourth-order valence-corrected chi connectivity index (χ4v) is 4.74. The first-order chi connectivity index (χ1) is 13.8. The number of fused-ring (bicyclic) bond motifs is 1. The van der Waals surface area contributed by atoms with Gasteiger partial charge < -0.3 is 19.6 Å². The maximum atomic E-state index is 14.1. The van der Waals surface area contributed by atoms with Gasteiger partial charge in [0.25, 0.3) is 5.91 Å². The molecule has 158 valence electrons. The number of ether oxygens (including phenoxy) is 1. The number of pyridine rings is 1. The second-order valence-corrected chi connectivity index (χ2v) is 9.17. The first-order valence-electron chi connectivity index (χ1n) is 10.3. The predicted octanol–water partition coefficient (Wildman–Crippen LogP) is 4.25. The van der Waals surface area contributed by atoms with Gasteiger partial charge in [0.05, 0.1) is 21.7 Å². The van der Waals surface area contributed by atoms with Crippen molar-refractivity contribution in [2.24, 2.45) is 0 Å². The molecule has 1 aliphatic heterocycles. The van der Waals surface area contributed by atoms with Crippen LogP contribution in [0.4, 0.5) is 4.39 Å². The van der Waals surface area contributed by atoms with Gasteiger partial charge in [-0.3, -0.25) is 4.79 Å². The number of aliphatic hydroxyl groups is 1. The summed E-state index contributed by atoms with van der Waals surface area (Å²) in [5, 5.41) is 14.1. The molecule has 0 radical (unpaired) electrons. The highest BCUT2D eigenvalue weighted by molar-refractivity contribution is 6.34. The van der Waals surface area contributed by atoms with Crippen LogP contribution in [-0.2, 0) is 4.74 Å². The van der Waals surface area contributed by atoms with E-state index in [9.17, 15) is 14.3 Å². The minimum Gasteiger partial charge on any atom is -0.388 e. The van der Waals surface area contributed by atoms with Crippen LogP contribution in [0.15, 0.2) is 24.4 Å². The maximum Gasteiger partial charge on any atom is 0.253 e. The third kappa shape index (κ3) is 4.30. The standard InChI is InChI=1S/C22H28ClFN2O3/c1-21(24)6-8-22(28,9-7-21)14-25-20(27)16-13-18(15-4-11-29-12-5-15)26-10-2-3-17(23)19(16)26/h2-3,10,13,15,28H,4-9,11-12,14H2,1H3,(H,25,27). The second-order valence-electron chi connectivity index (χ2n) is 8.76. The van der Waals surface area contributed by atoms with E-state index in [4.69, 9.17) is 16.3 Å². The Hall–Kier alpha value is -1.63. The van der Waals surface area contributed by atoms with Gasteiger partial charge in [-0.15, -0.1) is 0 Å². The van der Waals surface area contributed by atoms with Crippen molar-refractivity contribution in [3.8, 4) is 0 Å². The lowest BCUT2D eigenvalue weighted by atomic mass is 9.78. The lowest BCUT2D eigenvalue weighted by molar-refractivity contribution is -0.0374. The average molecular weight is 423 g/mol. The van der Waals surface area contributed by atoms with E-state index in [-0.39, 0.29) is 12.5 Å². The summed E-state index contributed by atoms with van der Waals surface area (Å²) in [5.74, 6) is 0.0388. The normalized spacial score (nSPS) is 28.6. The molecule has 0 atom stereocenters. The van der Waals surface area contributed by atoms with Crippen LogP contribution in [0.1, 0.15) is 67.4 Å². The number of hydrogen-bond donors (Lipinski definition) is 2. The highest BCUT2D eigenvalue weighted by Crippen LogP contribution is 2.37. The van der Waals surface area contributed by atoms with Crippen molar-refractivity contribution in [2.45, 2.75) is 62.6 Å². The Morgan fingerprint density at radius 3 is 2.72 bits per heavy atom. The predicted molar refractivity (Wildman–Crippen MR) is 110 cm³/mol. The van der Waals surface area contributed by atoms with Crippen molar-refractivity contribution in [1.29, 1.82) is 0 Å². The molecule has 2 aromatic rings. The Morgan fingerprint density at radius 1 is 1.34 bits per heavy atom. The molecule has 2 fully saturated rings. The lowest BCUT2D eigenvalue weighted by Gasteiger charge is -2.37. The Kier molecular flexibility index (Phi) is 5.62. The zero-order chi connectivity index (χ0) is 20.6. The number of hydrogen-bond acceptors (Lipinski definition) is 3. The van der Waals surface area contributed by atoms with Crippen molar-refractivity contribution < 1.29 is 19.0 Å². The van der Waals surface area contributed by atoms with Crippen LogP contribution in [0.2, 0.25) is 5.02 Å². The zero-order valence-corrected chi connectivity index (χ0v) is 17.5. The summed E-state index contributed by atoms with van der Waals surface area (Å²) in [6.45, 7) is 3.09. The van der Waals surface area contributed by atoms with E-state index in [1.54, 1.807) is 13.0 Å². The largest absolute Gasteiger partial charge is 0.388 e. The number of halogens is 2. The van der Waals surface area contributed by atoms with Gasteiger partial charge in [-0.05, 0) is 63.6 Å².